The minimum Gasteiger partial charge on any atom is -0.314 e. The van der Waals surface area contributed by atoms with Crippen LogP contribution >= 0.6 is 0 Å². The van der Waals surface area contributed by atoms with Crippen molar-refractivity contribution in [3.8, 4) is 0 Å². The molecule has 0 unspecified atom stereocenters. The molecule has 0 atom stereocenters. The predicted molar refractivity (Wildman–Crippen MR) is 54.9 cm³/mol. The smallest absolute Gasteiger partial charge is 0.0692 e. The van der Waals surface area contributed by atoms with Crippen molar-refractivity contribution in [1.82, 2.24) is 20.3 Å². The molecule has 0 aliphatic heterocycles. The molecule has 14 heavy (non-hydrogen) atoms. The standard InChI is InChI=1S/C10H18N4/c1-2-5-10(4-1)11-6-3-8-14-9-7-12-13-14/h7,9-11H,1-6,8H2. The highest BCUT2D eigenvalue weighted by Gasteiger charge is 2.12. The number of rotatable bonds is 5. The lowest BCUT2D eigenvalue weighted by Crippen LogP contribution is -2.27. The van der Waals surface area contributed by atoms with Gasteiger partial charge in [-0.15, -0.1) is 5.10 Å². The Morgan fingerprint density at radius 3 is 2.93 bits per heavy atom. The Labute approximate surface area is 84.7 Å². The summed E-state index contributed by atoms with van der Waals surface area (Å²) in [4.78, 5) is 0. The van der Waals surface area contributed by atoms with Gasteiger partial charge in [0.25, 0.3) is 0 Å². The molecule has 1 heterocycles. The van der Waals surface area contributed by atoms with Gasteiger partial charge in [-0.25, -0.2) is 0 Å². The average molecular weight is 194 g/mol. The first-order chi connectivity index (χ1) is 6.95. The lowest BCUT2D eigenvalue weighted by Gasteiger charge is -2.10. The van der Waals surface area contributed by atoms with Crippen LogP contribution in [0.25, 0.3) is 0 Å². The van der Waals surface area contributed by atoms with Crippen LogP contribution in [0.3, 0.4) is 0 Å². The van der Waals surface area contributed by atoms with E-state index in [0.717, 1.165) is 25.6 Å². The van der Waals surface area contributed by atoms with E-state index in [1.807, 2.05) is 10.9 Å². The summed E-state index contributed by atoms with van der Waals surface area (Å²) in [5.74, 6) is 0. The quantitative estimate of drug-likeness (QED) is 0.716. The van der Waals surface area contributed by atoms with E-state index in [-0.39, 0.29) is 0 Å². The van der Waals surface area contributed by atoms with Crippen LogP contribution in [0.2, 0.25) is 0 Å². The molecular formula is C10H18N4. The normalized spacial score (nSPS) is 17.7. The highest BCUT2D eigenvalue weighted by Crippen LogP contribution is 2.17. The van der Waals surface area contributed by atoms with E-state index in [4.69, 9.17) is 0 Å². The van der Waals surface area contributed by atoms with Gasteiger partial charge in [-0.2, -0.15) is 0 Å². The van der Waals surface area contributed by atoms with Gasteiger partial charge in [0.15, 0.2) is 0 Å². The van der Waals surface area contributed by atoms with E-state index in [1.54, 1.807) is 6.20 Å². The van der Waals surface area contributed by atoms with Crippen molar-refractivity contribution in [3.05, 3.63) is 12.4 Å². The Balaban J connectivity index is 1.55. The Kier molecular flexibility index (Phi) is 3.51. The van der Waals surface area contributed by atoms with Gasteiger partial charge >= 0.3 is 0 Å². The molecule has 0 bridgehead atoms. The maximum Gasteiger partial charge on any atom is 0.0692 e. The summed E-state index contributed by atoms with van der Waals surface area (Å²) in [5.41, 5.74) is 0. The molecule has 0 aromatic carbocycles. The lowest BCUT2D eigenvalue weighted by molar-refractivity contribution is 0.478. The molecule has 0 spiro atoms. The molecule has 0 saturated heterocycles. The van der Waals surface area contributed by atoms with E-state index in [1.165, 1.54) is 25.7 Å². The van der Waals surface area contributed by atoms with Crippen LogP contribution in [-0.4, -0.2) is 27.6 Å². The molecule has 2 rings (SSSR count). The van der Waals surface area contributed by atoms with Gasteiger partial charge in [0, 0.05) is 18.8 Å². The molecule has 0 amide bonds. The first-order valence-corrected chi connectivity index (χ1v) is 5.52. The van der Waals surface area contributed by atoms with Crippen LogP contribution in [-0.2, 0) is 6.54 Å². The molecule has 1 aliphatic rings. The van der Waals surface area contributed by atoms with Crippen LogP contribution in [0.15, 0.2) is 12.4 Å². The molecule has 1 aliphatic carbocycles. The fraction of sp³-hybridized carbons (Fsp3) is 0.800. The number of aryl methyl sites for hydroxylation is 1. The monoisotopic (exact) mass is 194 g/mol. The summed E-state index contributed by atoms with van der Waals surface area (Å²) in [6, 6.07) is 0.783. The first kappa shape index (κ1) is 9.65. The van der Waals surface area contributed by atoms with Crippen molar-refractivity contribution in [2.24, 2.45) is 0 Å². The zero-order valence-electron chi connectivity index (χ0n) is 8.52. The van der Waals surface area contributed by atoms with Gasteiger partial charge in [0.1, 0.15) is 0 Å². The Bertz CT molecular complexity index is 239. The van der Waals surface area contributed by atoms with Crippen LogP contribution in [0, 0.1) is 0 Å². The molecule has 1 aromatic heterocycles. The second kappa shape index (κ2) is 5.10. The number of hydrogen-bond donors (Lipinski definition) is 1. The maximum atomic E-state index is 3.92. The van der Waals surface area contributed by atoms with Crippen LogP contribution in [0.1, 0.15) is 32.1 Å². The lowest BCUT2D eigenvalue weighted by atomic mass is 10.2. The third-order valence-corrected chi connectivity index (χ3v) is 2.82. The Morgan fingerprint density at radius 1 is 1.36 bits per heavy atom. The fourth-order valence-corrected chi connectivity index (χ4v) is 2.03. The van der Waals surface area contributed by atoms with Crippen molar-refractivity contribution < 1.29 is 0 Å². The average Bonchev–Trinajstić information content (AvgIpc) is 2.86. The summed E-state index contributed by atoms with van der Waals surface area (Å²) in [7, 11) is 0. The minimum absolute atomic E-state index is 0.783. The van der Waals surface area contributed by atoms with Crippen LogP contribution in [0.5, 0.6) is 0 Å². The third kappa shape index (κ3) is 2.80. The van der Waals surface area contributed by atoms with Gasteiger partial charge in [-0.3, -0.25) is 4.68 Å². The summed E-state index contributed by atoms with van der Waals surface area (Å²) in [6.45, 7) is 2.07. The third-order valence-electron chi connectivity index (χ3n) is 2.82. The zero-order chi connectivity index (χ0) is 9.64. The number of nitrogens with zero attached hydrogens (tertiary/aromatic N) is 3. The first-order valence-electron chi connectivity index (χ1n) is 5.52. The molecule has 1 aromatic rings. The summed E-state index contributed by atoms with van der Waals surface area (Å²) in [6.07, 6.45) is 10.3. The van der Waals surface area contributed by atoms with Crippen molar-refractivity contribution in [2.45, 2.75) is 44.7 Å². The topological polar surface area (TPSA) is 42.7 Å². The SMILES string of the molecule is c1cn(CCCNC2CCCC2)nn1. The molecule has 1 saturated carbocycles. The fourth-order valence-electron chi connectivity index (χ4n) is 2.03. The molecule has 1 fully saturated rings. The maximum absolute atomic E-state index is 3.92. The van der Waals surface area contributed by atoms with Gasteiger partial charge in [-0.1, -0.05) is 18.1 Å². The Morgan fingerprint density at radius 2 is 2.21 bits per heavy atom. The predicted octanol–water partition coefficient (Wildman–Crippen LogP) is 1.20. The van der Waals surface area contributed by atoms with Crippen LogP contribution in [0.4, 0.5) is 0 Å². The van der Waals surface area contributed by atoms with Crippen molar-refractivity contribution in [3.63, 3.8) is 0 Å². The van der Waals surface area contributed by atoms with E-state index in [9.17, 15) is 0 Å². The van der Waals surface area contributed by atoms with E-state index in [2.05, 4.69) is 15.6 Å². The van der Waals surface area contributed by atoms with Crippen molar-refractivity contribution in [1.29, 1.82) is 0 Å². The minimum atomic E-state index is 0.783. The van der Waals surface area contributed by atoms with E-state index in [0.29, 0.717) is 0 Å². The van der Waals surface area contributed by atoms with Gasteiger partial charge < -0.3 is 5.32 Å². The van der Waals surface area contributed by atoms with Gasteiger partial charge in [0.2, 0.25) is 0 Å². The Hall–Kier alpha value is -0.900. The number of hydrogen-bond acceptors (Lipinski definition) is 3. The molecule has 1 N–H and O–H groups in total. The van der Waals surface area contributed by atoms with Gasteiger partial charge in [0.05, 0.1) is 6.20 Å². The summed E-state index contributed by atoms with van der Waals surface area (Å²) in [5, 5.41) is 11.3. The summed E-state index contributed by atoms with van der Waals surface area (Å²) < 4.78 is 1.89. The van der Waals surface area contributed by atoms with Crippen molar-refractivity contribution >= 4 is 0 Å². The van der Waals surface area contributed by atoms with Gasteiger partial charge in [-0.05, 0) is 25.8 Å². The highest BCUT2D eigenvalue weighted by atomic mass is 15.4. The second-order valence-electron chi connectivity index (χ2n) is 3.96. The van der Waals surface area contributed by atoms with Crippen molar-refractivity contribution in [2.75, 3.05) is 6.54 Å². The molecule has 78 valence electrons. The summed E-state index contributed by atoms with van der Waals surface area (Å²) >= 11 is 0. The highest BCUT2D eigenvalue weighted by molar-refractivity contribution is 4.73. The number of aromatic nitrogens is 3. The van der Waals surface area contributed by atoms with Crippen LogP contribution < -0.4 is 5.32 Å². The molecule has 4 nitrogen and oxygen atoms in total. The zero-order valence-corrected chi connectivity index (χ0v) is 8.52. The molecule has 0 radical (unpaired) electrons. The molecule has 4 heteroatoms. The number of nitrogens with one attached hydrogen (secondary N) is 1. The largest absolute Gasteiger partial charge is 0.314 e. The molecular weight excluding hydrogens is 176 g/mol. The van der Waals surface area contributed by atoms with E-state index < -0.39 is 0 Å². The second-order valence-corrected chi connectivity index (χ2v) is 3.96. The van der Waals surface area contributed by atoms with E-state index >= 15 is 0 Å².